The minimum absolute atomic E-state index is 0.296. The van der Waals surface area contributed by atoms with Gasteiger partial charge in [-0.05, 0) is 55.4 Å². The van der Waals surface area contributed by atoms with Crippen molar-refractivity contribution in [3.05, 3.63) is 65.7 Å². The molecule has 1 N–H and O–H groups in total. The maximum Gasteiger partial charge on any atom is 0.333 e. The number of benzene rings is 2. The fourth-order valence-electron chi connectivity index (χ4n) is 2.81. The monoisotopic (exact) mass is 368 g/mol. The first kappa shape index (κ1) is 20.7. The van der Waals surface area contributed by atoms with Gasteiger partial charge in [0.1, 0.15) is 5.75 Å². The zero-order valence-electron chi connectivity index (χ0n) is 16.2. The molecule has 0 aliphatic rings. The van der Waals surface area contributed by atoms with Crippen molar-refractivity contribution in [3.63, 3.8) is 0 Å². The van der Waals surface area contributed by atoms with Crippen LogP contribution in [0.3, 0.4) is 0 Å². The highest BCUT2D eigenvalue weighted by Crippen LogP contribution is 2.30. The largest absolute Gasteiger partial charge is 0.507 e. The molecule has 0 heterocycles. The van der Waals surface area contributed by atoms with E-state index in [1.165, 1.54) is 5.56 Å². The summed E-state index contributed by atoms with van der Waals surface area (Å²) < 4.78 is 10.2. The second-order valence-corrected chi connectivity index (χ2v) is 6.66. The Morgan fingerprint density at radius 3 is 2.26 bits per heavy atom. The molecule has 0 fully saturated rings. The fraction of sp³-hybridized carbons (Fsp3) is 0.348. The summed E-state index contributed by atoms with van der Waals surface area (Å²) in [6, 6.07) is 13.9. The van der Waals surface area contributed by atoms with Crippen LogP contribution in [0.2, 0.25) is 0 Å². The highest BCUT2D eigenvalue weighted by Gasteiger charge is 2.07. The third kappa shape index (κ3) is 6.57. The second-order valence-electron chi connectivity index (χ2n) is 6.66. The van der Waals surface area contributed by atoms with Crippen molar-refractivity contribution in [1.29, 1.82) is 0 Å². The molecule has 0 aliphatic carbocycles. The van der Waals surface area contributed by atoms with Crippen molar-refractivity contribution >= 4 is 5.97 Å². The fourth-order valence-corrected chi connectivity index (χ4v) is 2.81. The standard InChI is InChI=1S/C23H28O4/c1-17(2)23(25)27-15-5-6-18-8-11-20(12-9-18)21-13-10-19(16-22(21)24)7-4-14-26-3/h8-13,16,24H,1,4-7,14-15H2,2-3H3. The van der Waals surface area contributed by atoms with Crippen LogP contribution in [-0.2, 0) is 27.1 Å². The summed E-state index contributed by atoms with van der Waals surface area (Å²) in [5.41, 5.74) is 4.50. The Bertz CT molecular complexity index is 762. The maximum atomic E-state index is 11.3. The zero-order chi connectivity index (χ0) is 19.6. The van der Waals surface area contributed by atoms with E-state index in [1.54, 1.807) is 14.0 Å². The van der Waals surface area contributed by atoms with E-state index in [2.05, 4.69) is 12.6 Å². The lowest BCUT2D eigenvalue weighted by atomic mass is 9.99. The molecule has 2 rings (SSSR count). The first-order valence-corrected chi connectivity index (χ1v) is 9.24. The molecule has 0 saturated carbocycles. The van der Waals surface area contributed by atoms with Crippen LogP contribution >= 0.6 is 0 Å². The van der Waals surface area contributed by atoms with E-state index in [9.17, 15) is 9.90 Å². The van der Waals surface area contributed by atoms with Crippen LogP contribution < -0.4 is 0 Å². The topological polar surface area (TPSA) is 55.8 Å². The van der Waals surface area contributed by atoms with Crippen molar-refractivity contribution in [2.24, 2.45) is 0 Å². The third-order valence-electron chi connectivity index (χ3n) is 4.33. The van der Waals surface area contributed by atoms with Gasteiger partial charge in [-0.3, -0.25) is 0 Å². The maximum absolute atomic E-state index is 11.3. The second kappa shape index (κ2) is 10.5. The molecular formula is C23H28O4. The molecule has 0 saturated heterocycles. The van der Waals surface area contributed by atoms with Gasteiger partial charge < -0.3 is 14.6 Å². The van der Waals surface area contributed by atoms with Crippen LogP contribution in [0, 0.1) is 0 Å². The van der Waals surface area contributed by atoms with Gasteiger partial charge in [0.25, 0.3) is 0 Å². The normalized spacial score (nSPS) is 10.6. The summed E-state index contributed by atoms with van der Waals surface area (Å²) >= 11 is 0. The van der Waals surface area contributed by atoms with Crippen molar-refractivity contribution < 1.29 is 19.4 Å². The zero-order valence-corrected chi connectivity index (χ0v) is 16.2. The summed E-state index contributed by atoms with van der Waals surface area (Å²) in [5, 5.41) is 10.4. The summed E-state index contributed by atoms with van der Waals surface area (Å²) in [4.78, 5) is 11.3. The molecule has 0 aromatic heterocycles. The number of esters is 1. The van der Waals surface area contributed by atoms with E-state index >= 15 is 0 Å². The molecule has 0 bridgehead atoms. The summed E-state index contributed by atoms with van der Waals surface area (Å²) in [6.45, 7) is 6.31. The number of carbonyl (C=O) groups excluding carboxylic acids is 1. The molecule has 27 heavy (non-hydrogen) atoms. The minimum atomic E-state index is -0.341. The number of phenolic OH excluding ortho intramolecular Hbond substituents is 1. The number of hydrogen-bond donors (Lipinski definition) is 1. The number of hydrogen-bond acceptors (Lipinski definition) is 4. The van der Waals surface area contributed by atoms with E-state index in [0.717, 1.165) is 49.0 Å². The quantitative estimate of drug-likeness (QED) is 0.375. The number of ether oxygens (including phenoxy) is 2. The Kier molecular flexibility index (Phi) is 8.08. The van der Waals surface area contributed by atoms with Gasteiger partial charge in [-0.2, -0.15) is 0 Å². The molecule has 2 aromatic rings. The highest BCUT2D eigenvalue weighted by atomic mass is 16.5. The Morgan fingerprint density at radius 1 is 1.00 bits per heavy atom. The van der Waals surface area contributed by atoms with E-state index < -0.39 is 0 Å². The highest BCUT2D eigenvalue weighted by molar-refractivity contribution is 5.86. The van der Waals surface area contributed by atoms with Crippen LogP contribution in [0.15, 0.2) is 54.6 Å². The predicted molar refractivity (Wildman–Crippen MR) is 108 cm³/mol. The van der Waals surface area contributed by atoms with Crippen LogP contribution in [0.4, 0.5) is 0 Å². The van der Waals surface area contributed by atoms with E-state index in [1.807, 2.05) is 36.4 Å². The lowest BCUT2D eigenvalue weighted by molar-refractivity contribution is -0.139. The molecule has 4 nitrogen and oxygen atoms in total. The van der Waals surface area contributed by atoms with Crippen molar-refractivity contribution in [3.8, 4) is 16.9 Å². The van der Waals surface area contributed by atoms with Gasteiger partial charge in [-0.1, -0.05) is 43.0 Å². The lowest BCUT2D eigenvalue weighted by Crippen LogP contribution is -2.06. The van der Waals surface area contributed by atoms with Gasteiger partial charge >= 0.3 is 5.97 Å². The van der Waals surface area contributed by atoms with Crippen LogP contribution in [0.1, 0.15) is 30.9 Å². The van der Waals surface area contributed by atoms with Crippen LogP contribution in [0.25, 0.3) is 11.1 Å². The first-order chi connectivity index (χ1) is 13.0. The average Bonchev–Trinajstić information content (AvgIpc) is 2.66. The van der Waals surface area contributed by atoms with Crippen LogP contribution in [-0.4, -0.2) is 31.4 Å². The number of carbonyl (C=O) groups is 1. The first-order valence-electron chi connectivity index (χ1n) is 9.24. The molecule has 0 aliphatic heterocycles. The van der Waals surface area contributed by atoms with Gasteiger partial charge in [0.2, 0.25) is 0 Å². The average molecular weight is 368 g/mol. The Balaban J connectivity index is 1.90. The third-order valence-corrected chi connectivity index (χ3v) is 4.33. The van der Waals surface area contributed by atoms with E-state index in [0.29, 0.717) is 17.9 Å². The molecule has 2 aromatic carbocycles. The van der Waals surface area contributed by atoms with E-state index in [4.69, 9.17) is 9.47 Å². The molecule has 4 heteroatoms. The number of phenols is 1. The molecule has 144 valence electrons. The molecule has 0 atom stereocenters. The van der Waals surface area contributed by atoms with Crippen molar-refractivity contribution in [2.75, 3.05) is 20.3 Å². The van der Waals surface area contributed by atoms with Gasteiger partial charge in [-0.15, -0.1) is 0 Å². The van der Waals surface area contributed by atoms with Gasteiger partial charge in [0.05, 0.1) is 6.61 Å². The minimum Gasteiger partial charge on any atom is -0.507 e. The Morgan fingerprint density at radius 2 is 1.63 bits per heavy atom. The van der Waals surface area contributed by atoms with Gasteiger partial charge in [0, 0.05) is 24.9 Å². The lowest BCUT2D eigenvalue weighted by Gasteiger charge is -2.09. The molecular weight excluding hydrogens is 340 g/mol. The van der Waals surface area contributed by atoms with E-state index in [-0.39, 0.29) is 5.97 Å². The summed E-state index contributed by atoms with van der Waals surface area (Å²) in [6.07, 6.45) is 3.41. The molecule has 0 unspecified atom stereocenters. The molecule has 0 spiro atoms. The summed E-state index contributed by atoms with van der Waals surface area (Å²) in [7, 11) is 1.69. The predicted octanol–water partition coefficient (Wildman–Crippen LogP) is 4.69. The van der Waals surface area contributed by atoms with Crippen molar-refractivity contribution in [1.82, 2.24) is 0 Å². The van der Waals surface area contributed by atoms with Gasteiger partial charge in [-0.25, -0.2) is 4.79 Å². The molecule has 0 radical (unpaired) electrons. The number of aryl methyl sites for hydroxylation is 2. The van der Waals surface area contributed by atoms with Crippen LogP contribution in [0.5, 0.6) is 5.75 Å². The summed E-state index contributed by atoms with van der Waals surface area (Å²) in [5.74, 6) is -0.0455. The SMILES string of the molecule is C=C(C)C(=O)OCCCc1ccc(-c2ccc(CCCOC)cc2O)cc1. The number of methoxy groups -OCH3 is 1. The smallest absolute Gasteiger partial charge is 0.333 e. The molecule has 0 amide bonds. The van der Waals surface area contributed by atoms with Crippen molar-refractivity contribution in [2.45, 2.75) is 32.6 Å². The number of aromatic hydroxyl groups is 1. The Hall–Kier alpha value is -2.59. The Labute approximate surface area is 161 Å². The number of rotatable bonds is 10. The van der Waals surface area contributed by atoms with Gasteiger partial charge in [0.15, 0.2) is 0 Å².